The zero-order valence-corrected chi connectivity index (χ0v) is 11.6. The van der Waals surface area contributed by atoms with Gasteiger partial charge in [0.05, 0.1) is 12.3 Å². The SMILES string of the molecule is COCCNCc1ccnc(COc2ccccc2)n1. The predicted molar refractivity (Wildman–Crippen MR) is 76.4 cm³/mol. The zero-order valence-electron chi connectivity index (χ0n) is 11.6. The fourth-order valence-corrected chi connectivity index (χ4v) is 1.66. The molecule has 0 fully saturated rings. The molecule has 106 valence electrons. The van der Waals surface area contributed by atoms with Gasteiger partial charge in [-0.25, -0.2) is 9.97 Å². The molecule has 0 aliphatic carbocycles. The summed E-state index contributed by atoms with van der Waals surface area (Å²) >= 11 is 0. The molecule has 2 rings (SSSR count). The summed E-state index contributed by atoms with van der Waals surface area (Å²) in [7, 11) is 1.69. The molecular formula is C15H19N3O2. The van der Waals surface area contributed by atoms with Crippen molar-refractivity contribution >= 4 is 0 Å². The van der Waals surface area contributed by atoms with E-state index in [1.54, 1.807) is 13.3 Å². The van der Waals surface area contributed by atoms with Gasteiger partial charge in [0, 0.05) is 26.4 Å². The van der Waals surface area contributed by atoms with E-state index >= 15 is 0 Å². The van der Waals surface area contributed by atoms with E-state index in [1.807, 2.05) is 36.4 Å². The molecule has 2 aromatic rings. The molecule has 0 amide bonds. The molecule has 0 atom stereocenters. The Balaban J connectivity index is 1.83. The highest BCUT2D eigenvalue weighted by Gasteiger charge is 2.01. The quantitative estimate of drug-likeness (QED) is 0.743. The van der Waals surface area contributed by atoms with Crippen LogP contribution in [-0.2, 0) is 17.9 Å². The van der Waals surface area contributed by atoms with Gasteiger partial charge in [-0.1, -0.05) is 18.2 Å². The fraction of sp³-hybridized carbons (Fsp3) is 0.333. The van der Waals surface area contributed by atoms with Gasteiger partial charge in [0.25, 0.3) is 0 Å². The highest BCUT2D eigenvalue weighted by molar-refractivity contribution is 5.21. The third-order valence-electron chi connectivity index (χ3n) is 2.66. The van der Waals surface area contributed by atoms with Gasteiger partial charge in [0.1, 0.15) is 12.4 Å². The average molecular weight is 273 g/mol. The molecule has 1 aromatic carbocycles. The van der Waals surface area contributed by atoms with Crippen molar-refractivity contribution in [2.75, 3.05) is 20.3 Å². The predicted octanol–water partition coefficient (Wildman–Crippen LogP) is 1.79. The number of nitrogens with zero attached hydrogens (tertiary/aromatic N) is 2. The standard InChI is InChI=1S/C15H19N3O2/c1-19-10-9-16-11-13-7-8-17-15(18-13)12-20-14-5-3-2-4-6-14/h2-8,16H,9-12H2,1H3. The van der Waals surface area contributed by atoms with Crippen molar-refractivity contribution in [3.63, 3.8) is 0 Å². The lowest BCUT2D eigenvalue weighted by Gasteiger charge is -2.07. The first-order valence-electron chi connectivity index (χ1n) is 6.57. The molecule has 0 saturated heterocycles. The van der Waals surface area contributed by atoms with Gasteiger partial charge in [-0.3, -0.25) is 0 Å². The number of benzene rings is 1. The summed E-state index contributed by atoms with van der Waals surface area (Å²) in [6.45, 7) is 2.56. The lowest BCUT2D eigenvalue weighted by molar-refractivity contribution is 0.199. The summed E-state index contributed by atoms with van der Waals surface area (Å²) in [5.74, 6) is 1.50. The molecule has 1 N–H and O–H groups in total. The minimum absolute atomic E-state index is 0.371. The number of rotatable bonds is 8. The van der Waals surface area contributed by atoms with E-state index in [9.17, 15) is 0 Å². The van der Waals surface area contributed by atoms with Crippen molar-refractivity contribution in [3.05, 3.63) is 54.1 Å². The van der Waals surface area contributed by atoms with Gasteiger partial charge in [-0.2, -0.15) is 0 Å². The first-order valence-corrected chi connectivity index (χ1v) is 6.57. The third-order valence-corrected chi connectivity index (χ3v) is 2.66. The van der Waals surface area contributed by atoms with Crippen LogP contribution in [0.4, 0.5) is 0 Å². The Morgan fingerprint density at radius 3 is 2.80 bits per heavy atom. The van der Waals surface area contributed by atoms with Crippen LogP contribution in [-0.4, -0.2) is 30.2 Å². The average Bonchev–Trinajstić information content (AvgIpc) is 2.51. The molecule has 1 aromatic heterocycles. The van der Waals surface area contributed by atoms with E-state index in [1.165, 1.54) is 0 Å². The van der Waals surface area contributed by atoms with E-state index in [-0.39, 0.29) is 0 Å². The number of para-hydroxylation sites is 1. The fourth-order valence-electron chi connectivity index (χ4n) is 1.66. The van der Waals surface area contributed by atoms with Crippen molar-refractivity contribution < 1.29 is 9.47 Å². The summed E-state index contributed by atoms with van der Waals surface area (Å²) in [6.07, 6.45) is 1.75. The first-order chi connectivity index (χ1) is 9.88. The molecule has 1 heterocycles. The van der Waals surface area contributed by atoms with Gasteiger partial charge < -0.3 is 14.8 Å². The minimum Gasteiger partial charge on any atom is -0.486 e. The van der Waals surface area contributed by atoms with Crippen LogP contribution in [0.2, 0.25) is 0 Å². The molecule has 20 heavy (non-hydrogen) atoms. The van der Waals surface area contributed by atoms with Crippen LogP contribution in [0.3, 0.4) is 0 Å². The van der Waals surface area contributed by atoms with Crippen molar-refractivity contribution in [2.24, 2.45) is 0 Å². The number of hydrogen-bond acceptors (Lipinski definition) is 5. The molecule has 0 radical (unpaired) electrons. The van der Waals surface area contributed by atoms with Gasteiger partial charge in [-0.05, 0) is 18.2 Å². The third kappa shape index (κ3) is 4.95. The summed E-state index contributed by atoms with van der Waals surface area (Å²) in [4.78, 5) is 8.66. The second-order valence-corrected chi connectivity index (χ2v) is 4.24. The Morgan fingerprint density at radius 2 is 2.00 bits per heavy atom. The Labute approximate surface area is 119 Å². The first kappa shape index (κ1) is 14.4. The van der Waals surface area contributed by atoms with E-state index in [0.29, 0.717) is 25.6 Å². The summed E-state index contributed by atoms with van der Waals surface area (Å²) in [5.41, 5.74) is 0.947. The zero-order chi connectivity index (χ0) is 14.0. The topological polar surface area (TPSA) is 56.3 Å². The maximum absolute atomic E-state index is 5.62. The van der Waals surface area contributed by atoms with Crippen molar-refractivity contribution in [3.8, 4) is 5.75 Å². The number of ether oxygens (including phenoxy) is 2. The molecule has 0 unspecified atom stereocenters. The number of aromatic nitrogens is 2. The minimum atomic E-state index is 0.371. The summed E-state index contributed by atoms with van der Waals surface area (Å²) in [5, 5.41) is 3.25. The molecule has 0 bridgehead atoms. The van der Waals surface area contributed by atoms with Crippen LogP contribution in [0, 0.1) is 0 Å². The van der Waals surface area contributed by atoms with Crippen molar-refractivity contribution in [1.29, 1.82) is 0 Å². The van der Waals surface area contributed by atoms with E-state index in [4.69, 9.17) is 9.47 Å². The number of hydrogen-bond donors (Lipinski definition) is 1. The van der Waals surface area contributed by atoms with Gasteiger partial charge in [0.15, 0.2) is 5.82 Å². The number of nitrogens with one attached hydrogen (secondary N) is 1. The van der Waals surface area contributed by atoms with E-state index < -0.39 is 0 Å². The Morgan fingerprint density at radius 1 is 1.15 bits per heavy atom. The maximum atomic E-state index is 5.62. The number of methoxy groups -OCH3 is 1. The second kappa shape index (κ2) is 8.24. The highest BCUT2D eigenvalue weighted by atomic mass is 16.5. The normalized spacial score (nSPS) is 10.4. The molecule has 0 spiro atoms. The Kier molecular flexibility index (Phi) is 5.95. The molecule has 0 aliphatic heterocycles. The van der Waals surface area contributed by atoms with Crippen LogP contribution >= 0.6 is 0 Å². The van der Waals surface area contributed by atoms with Crippen LogP contribution in [0.15, 0.2) is 42.6 Å². The van der Waals surface area contributed by atoms with Gasteiger partial charge >= 0.3 is 0 Å². The maximum Gasteiger partial charge on any atom is 0.166 e. The Hall–Kier alpha value is -1.98. The molecule has 5 nitrogen and oxygen atoms in total. The summed E-state index contributed by atoms with van der Waals surface area (Å²) in [6, 6.07) is 11.5. The van der Waals surface area contributed by atoms with E-state index in [0.717, 1.165) is 18.0 Å². The van der Waals surface area contributed by atoms with Crippen LogP contribution in [0.1, 0.15) is 11.5 Å². The monoisotopic (exact) mass is 273 g/mol. The van der Waals surface area contributed by atoms with Gasteiger partial charge in [0.2, 0.25) is 0 Å². The second-order valence-electron chi connectivity index (χ2n) is 4.24. The summed E-state index contributed by atoms with van der Waals surface area (Å²) < 4.78 is 10.6. The van der Waals surface area contributed by atoms with Gasteiger partial charge in [-0.15, -0.1) is 0 Å². The van der Waals surface area contributed by atoms with Crippen molar-refractivity contribution in [2.45, 2.75) is 13.2 Å². The molecule has 0 saturated carbocycles. The lowest BCUT2D eigenvalue weighted by Crippen LogP contribution is -2.19. The van der Waals surface area contributed by atoms with Crippen LogP contribution in [0.5, 0.6) is 5.75 Å². The Bertz CT molecular complexity index is 505. The van der Waals surface area contributed by atoms with Crippen LogP contribution in [0.25, 0.3) is 0 Å². The smallest absolute Gasteiger partial charge is 0.166 e. The van der Waals surface area contributed by atoms with E-state index in [2.05, 4.69) is 15.3 Å². The molecule has 5 heteroatoms. The lowest BCUT2D eigenvalue weighted by atomic mass is 10.3. The molecular weight excluding hydrogens is 254 g/mol. The molecule has 0 aliphatic rings. The van der Waals surface area contributed by atoms with Crippen LogP contribution < -0.4 is 10.1 Å². The highest BCUT2D eigenvalue weighted by Crippen LogP contribution is 2.09. The van der Waals surface area contributed by atoms with Crippen molar-refractivity contribution in [1.82, 2.24) is 15.3 Å². The largest absolute Gasteiger partial charge is 0.486 e.